The first-order chi connectivity index (χ1) is 7.72. The van der Waals surface area contributed by atoms with Gasteiger partial charge in [-0.3, -0.25) is 5.32 Å². The number of anilines is 2. The molecule has 3 N–H and O–H groups in total. The highest BCUT2D eigenvalue weighted by Gasteiger charge is 2.01. The van der Waals surface area contributed by atoms with Crippen LogP contribution in [0.2, 0.25) is 0 Å². The Kier molecular flexibility index (Phi) is 5.15. The lowest BCUT2D eigenvalue weighted by Gasteiger charge is -2.06. The second-order valence-corrected chi connectivity index (χ2v) is 3.23. The molecule has 0 aliphatic heterocycles. The summed E-state index contributed by atoms with van der Waals surface area (Å²) < 4.78 is 9.75. The summed E-state index contributed by atoms with van der Waals surface area (Å²) in [4.78, 5) is 11.3. The van der Waals surface area contributed by atoms with Crippen LogP contribution < -0.4 is 11.1 Å². The van der Waals surface area contributed by atoms with Crippen LogP contribution in [0.5, 0.6) is 0 Å². The second kappa shape index (κ2) is 6.68. The number of ether oxygens (including phenoxy) is 2. The van der Waals surface area contributed by atoms with Crippen LogP contribution in [0.1, 0.15) is 6.42 Å². The van der Waals surface area contributed by atoms with E-state index in [4.69, 9.17) is 15.2 Å². The van der Waals surface area contributed by atoms with Gasteiger partial charge in [-0.05, 0) is 24.3 Å². The maximum atomic E-state index is 11.3. The predicted octanol–water partition coefficient (Wildman–Crippen LogP) is 1.85. The van der Waals surface area contributed by atoms with Crippen molar-refractivity contribution in [2.24, 2.45) is 0 Å². The number of rotatable bonds is 5. The normalized spacial score (nSPS) is 9.81. The largest absolute Gasteiger partial charge is 0.449 e. The van der Waals surface area contributed by atoms with Crippen molar-refractivity contribution in [3.63, 3.8) is 0 Å². The van der Waals surface area contributed by atoms with E-state index in [0.717, 1.165) is 0 Å². The minimum Gasteiger partial charge on any atom is -0.449 e. The summed E-state index contributed by atoms with van der Waals surface area (Å²) in [6.45, 7) is 0.920. The lowest BCUT2D eigenvalue weighted by atomic mass is 10.3. The quantitative estimate of drug-likeness (QED) is 0.591. The number of carbonyl (C=O) groups is 1. The van der Waals surface area contributed by atoms with Crippen molar-refractivity contribution in [1.82, 2.24) is 0 Å². The first-order valence-corrected chi connectivity index (χ1v) is 5.00. The van der Waals surface area contributed by atoms with Crippen LogP contribution in [0.15, 0.2) is 24.3 Å². The minimum atomic E-state index is -0.471. The molecule has 5 heteroatoms. The Bertz CT molecular complexity index is 325. The average molecular weight is 224 g/mol. The molecule has 0 spiro atoms. The number of hydrogen-bond acceptors (Lipinski definition) is 4. The molecule has 1 aromatic rings. The number of nitrogens with one attached hydrogen (secondary N) is 1. The van der Waals surface area contributed by atoms with Crippen LogP contribution in [-0.2, 0) is 9.47 Å². The molecule has 0 heterocycles. The fourth-order valence-corrected chi connectivity index (χ4v) is 1.09. The third-order valence-electron chi connectivity index (χ3n) is 1.88. The zero-order chi connectivity index (χ0) is 11.8. The van der Waals surface area contributed by atoms with Crippen LogP contribution in [0, 0.1) is 0 Å². The van der Waals surface area contributed by atoms with Gasteiger partial charge in [0.25, 0.3) is 0 Å². The smallest absolute Gasteiger partial charge is 0.411 e. The highest BCUT2D eigenvalue weighted by Crippen LogP contribution is 2.10. The molecule has 1 aromatic carbocycles. The molecule has 16 heavy (non-hydrogen) atoms. The Balaban J connectivity index is 2.26. The number of amides is 1. The molecule has 0 radical (unpaired) electrons. The van der Waals surface area contributed by atoms with Crippen LogP contribution in [0.3, 0.4) is 0 Å². The van der Waals surface area contributed by atoms with Crippen molar-refractivity contribution in [2.45, 2.75) is 6.42 Å². The number of methoxy groups -OCH3 is 1. The van der Waals surface area contributed by atoms with Gasteiger partial charge in [0.1, 0.15) is 0 Å². The zero-order valence-corrected chi connectivity index (χ0v) is 9.23. The lowest BCUT2D eigenvalue weighted by Crippen LogP contribution is -2.15. The van der Waals surface area contributed by atoms with Gasteiger partial charge in [-0.1, -0.05) is 0 Å². The van der Waals surface area contributed by atoms with Crippen LogP contribution in [0.4, 0.5) is 16.2 Å². The molecule has 0 saturated heterocycles. The molecule has 0 aliphatic rings. The molecular formula is C11H16N2O3. The van der Waals surface area contributed by atoms with Gasteiger partial charge in [0.2, 0.25) is 0 Å². The van der Waals surface area contributed by atoms with Crippen molar-refractivity contribution in [2.75, 3.05) is 31.4 Å². The molecule has 0 aromatic heterocycles. The average Bonchev–Trinajstić information content (AvgIpc) is 2.28. The van der Waals surface area contributed by atoms with E-state index in [2.05, 4.69) is 5.32 Å². The lowest BCUT2D eigenvalue weighted by molar-refractivity contribution is 0.134. The van der Waals surface area contributed by atoms with E-state index < -0.39 is 6.09 Å². The van der Waals surface area contributed by atoms with Gasteiger partial charge in [-0.25, -0.2) is 4.79 Å². The molecule has 0 saturated carbocycles. The number of nitrogens with two attached hydrogens (primary N) is 1. The van der Waals surface area contributed by atoms with Crippen molar-refractivity contribution < 1.29 is 14.3 Å². The highest BCUT2D eigenvalue weighted by molar-refractivity contribution is 5.84. The maximum Gasteiger partial charge on any atom is 0.411 e. The summed E-state index contributed by atoms with van der Waals surface area (Å²) in [6.07, 6.45) is 0.215. The molecule has 0 atom stereocenters. The first-order valence-electron chi connectivity index (χ1n) is 5.00. The van der Waals surface area contributed by atoms with E-state index in [1.54, 1.807) is 31.4 Å². The molecule has 88 valence electrons. The van der Waals surface area contributed by atoms with Gasteiger partial charge in [0.05, 0.1) is 6.61 Å². The molecule has 1 rings (SSSR count). The maximum absolute atomic E-state index is 11.3. The van der Waals surface area contributed by atoms with E-state index in [9.17, 15) is 4.79 Å². The van der Waals surface area contributed by atoms with Crippen molar-refractivity contribution in [1.29, 1.82) is 0 Å². The first kappa shape index (κ1) is 12.3. The summed E-state index contributed by atoms with van der Waals surface area (Å²) >= 11 is 0. The van der Waals surface area contributed by atoms with Crippen LogP contribution in [-0.4, -0.2) is 26.4 Å². The standard InChI is InChI=1S/C11H16N2O3/c1-15-7-2-8-16-11(14)13-10-5-3-9(12)4-6-10/h3-6H,2,7-8,12H2,1H3,(H,13,14). The Morgan fingerprint density at radius 2 is 2.00 bits per heavy atom. The summed E-state index contributed by atoms with van der Waals surface area (Å²) in [5, 5.41) is 2.59. The monoisotopic (exact) mass is 224 g/mol. The SMILES string of the molecule is COCCCOC(=O)Nc1ccc(N)cc1. The Morgan fingerprint density at radius 1 is 1.31 bits per heavy atom. The van der Waals surface area contributed by atoms with Crippen LogP contribution in [0.25, 0.3) is 0 Å². The third kappa shape index (κ3) is 4.65. The number of benzene rings is 1. The Labute approximate surface area is 94.5 Å². The van der Waals surface area contributed by atoms with Crippen molar-refractivity contribution >= 4 is 17.5 Å². The molecule has 1 amide bonds. The molecule has 0 bridgehead atoms. The fraction of sp³-hybridized carbons (Fsp3) is 0.364. The van der Waals surface area contributed by atoms with Gasteiger partial charge in [-0.15, -0.1) is 0 Å². The van der Waals surface area contributed by atoms with Crippen LogP contribution >= 0.6 is 0 Å². The molecule has 0 aliphatic carbocycles. The van der Waals surface area contributed by atoms with E-state index >= 15 is 0 Å². The Hall–Kier alpha value is -1.75. The zero-order valence-electron chi connectivity index (χ0n) is 9.23. The topological polar surface area (TPSA) is 73.6 Å². The number of nitrogen functional groups attached to an aromatic ring is 1. The summed E-state index contributed by atoms with van der Waals surface area (Å²) in [7, 11) is 1.61. The minimum absolute atomic E-state index is 0.342. The summed E-state index contributed by atoms with van der Waals surface area (Å²) in [5.41, 5.74) is 6.82. The summed E-state index contributed by atoms with van der Waals surface area (Å²) in [6, 6.07) is 6.85. The number of hydrogen-bond donors (Lipinski definition) is 2. The van der Waals surface area contributed by atoms with Gasteiger partial charge >= 0.3 is 6.09 Å². The van der Waals surface area contributed by atoms with E-state index in [-0.39, 0.29) is 0 Å². The highest BCUT2D eigenvalue weighted by atomic mass is 16.5. The van der Waals surface area contributed by atoms with Crippen molar-refractivity contribution in [3.8, 4) is 0 Å². The van der Waals surface area contributed by atoms with Gasteiger partial charge in [-0.2, -0.15) is 0 Å². The van der Waals surface area contributed by atoms with Crippen molar-refractivity contribution in [3.05, 3.63) is 24.3 Å². The van der Waals surface area contributed by atoms with E-state index in [1.165, 1.54) is 0 Å². The molecule has 0 fully saturated rings. The molecule has 5 nitrogen and oxygen atoms in total. The Morgan fingerprint density at radius 3 is 2.62 bits per heavy atom. The second-order valence-electron chi connectivity index (χ2n) is 3.23. The van der Waals surface area contributed by atoms with Gasteiger partial charge in [0.15, 0.2) is 0 Å². The van der Waals surface area contributed by atoms with E-state index in [0.29, 0.717) is 31.0 Å². The molecular weight excluding hydrogens is 208 g/mol. The third-order valence-corrected chi connectivity index (χ3v) is 1.88. The van der Waals surface area contributed by atoms with Gasteiger partial charge < -0.3 is 15.2 Å². The predicted molar refractivity (Wildman–Crippen MR) is 62.3 cm³/mol. The fourth-order valence-electron chi connectivity index (χ4n) is 1.09. The van der Waals surface area contributed by atoms with Gasteiger partial charge in [0, 0.05) is 31.5 Å². The van der Waals surface area contributed by atoms with E-state index in [1.807, 2.05) is 0 Å². The summed E-state index contributed by atoms with van der Waals surface area (Å²) in [5.74, 6) is 0. The molecule has 0 unspecified atom stereocenters. The number of carbonyl (C=O) groups excluding carboxylic acids is 1.